The van der Waals surface area contributed by atoms with E-state index in [1.807, 2.05) is 36.5 Å². The molecule has 0 aliphatic carbocycles. The third-order valence-electron chi connectivity index (χ3n) is 3.17. The van der Waals surface area contributed by atoms with Crippen LogP contribution in [0.5, 0.6) is 0 Å². The smallest absolute Gasteiger partial charge is 0.125 e. The summed E-state index contributed by atoms with van der Waals surface area (Å²) in [6.07, 6.45) is 1.85. The molecule has 4 rings (SSSR count). The van der Waals surface area contributed by atoms with Gasteiger partial charge in [0.05, 0.1) is 15.7 Å². The molecule has 0 saturated heterocycles. The van der Waals surface area contributed by atoms with Gasteiger partial charge in [-0.2, -0.15) is 0 Å². The first kappa shape index (κ1) is 10.6. The van der Waals surface area contributed by atoms with Crippen molar-refractivity contribution in [2.45, 2.75) is 0 Å². The van der Waals surface area contributed by atoms with Crippen LogP contribution in [0, 0.1) is 0 Å². The molecular weight excluding hydrogens is 252 g/mol. The summed E-state index contributed by atoms with van der Waals surface area (Å²) in [6.45, 7) is 0. The Morgan fingerprint density at radius 3 is 2.47 bits per heavy atom. The van der Waals surface area contributed by atoms with Crippen molar-refractivity contribution >= 4 is 32.5 Å². The van der Waals surface area contributed by atoms with E-state index in [0.717, 1.165) is 27.0 Å². The van der Waals surface area contributed by atoms with Crippen LogP contribution in [0.4, 0.5) is 0 Å². The molecule has 0 spiro atoms. The average molecular weight is 262 g/mol. The van der Waals surface area contributed by atoms with Gasteiger partial charge in [0.25, 0.3) is 0 Å². The van der Waals surface area contributed by atoms with E-state index in [2.05, 4.69) is 29.2 Å². The van der Waals surface area contributed by atoms with E-state index in [-0.39, 0.29) is 0 Å². The predicted molar refractivity (Wildman–Crippen MR) is 80.4 cm³/mol. The Kier molecular flexibility index (Phi) is 2.32. The monoisotopic (exact) mass is 262 g/mol. The molecule has 0 bridgehead atoms. The minimum atomic E-state index is 1.01. The molecule has 90 valence electrons. The van der Waals surface area contributed by atoms with E-state index in [1.165, 1.54) is 4.70 Å². The number of aromatic nitrogens is 2. The number of pyridine rings is 1. The molecule has 0 aliphatic rings. The Morgan fingerprint density at radius 2 is 1.58 bits per heavy atom. The van der Waals surface area contributed by atoms with Crippen LogP contribution in [0.3, 0.4) is 0 Å². The van der Waals surface area contributed by atoms with Crippen LogP contribution in [0.25, 0.3) is 31.7 Å². The largest absolute Gasteiger partial charge is 0.256 e. The normalized spacial score (nSPS) is 11.2. The Morgan fingerprint density at radius 1 is 0.789 bits per heavy atom. The van der Waals surface area contributed by atoms with E-state index >= 15 is 0 Å². The van der Waals surface area contributed by atoms with E-state index in [0.29, 0.717) is 0 Å². The minimum absolute atomic E-state index is 1.01. The first-order chi connectivity index (χ1) is 9.42. The zero-order valence-corrected chi connectivity index (χ0v) is 10.9. The lowest BCUT2D eigenvalue weighted by Crippen LogP contribution is -1.82. The second kappa shape index (κ2) is 4.14. The van der Waals surface area contributed by atoms with Crippen molar-refractivity contribution in [2.24, 2.45) is 0 Å². The SMILES string of the molecule is c1ccc2sc(-c3ccnc4ccccc34)nc2c1. The zero-order chi connectivity index (χ0) is 12.7. The Labute approximate surface area is 114 Å². The van der Waals surface area contributed by atoms with Gasteiger partial charge in [0.2, 0.25) is 0 Å². The molecule has 4 aromatic rings. The number of hydrogen-bond donors (Lipinski definition) is 0. The quantitative estimate of drug-likeness (QED) is 0.504. The molecule has 0 radical (unpaired) electrons. The van der Waals surface area contributed by atoms with Gasteiger partial charge in [0.15, 0.2) is 0 Å². The van der Waals surface area contributed by atoms with Crippen LogP contribution in [-0.4, -0.2) is 9.97 Å². The first-order valence-electron chi connectivity index (χ1n) is 6.11. The number of hydrogen-bond acceptors (Lipinski definition) is 3. The molecule has 0 amide bonds. The summed E-state index contributed by atoms with van der Waals surface area (Å²) < 4.78 is 1.22. The maximum Gasteiger partial charge on any atom is 0.125 e. The van der Waals surface area contributed by atoms with Gasteiger partial charge in [-0.15, -0.1) is 11.3 Å². The molecule has 2 nitrogen and oxygen atoms in total. The Bertz CT molecular complexity index is 842. The van der Waals surface area contributed by atoms with Crippen molar-refractivity contribution in [3.63, 3.8) is 0 Å². The fraction of sp³-hybridized carbons (Fsp3) is 0. The molecule has 0 saturated carbocycles. The highest BCUT2D eigenvalue weighted by Gasteiger charge is 2.09. The fourth-order valence-corrected chi connectivity index (χ4v) is 3.27. The molecule has 2 aromatic carbocycles. The highest BCUT2D eigenvalue weighted by atomic mass is 32.1. The van der Waals surface area contributed by atoms with Crippen LogP contribution < -0.4 is 0 Å². The van der Waals surface area contributed by atoms with Gasteiger partial charge >= 0.3 is 0 Å². The molecule has 0 atom stereocenters. The van der Waals surface area contributed by atoms with Crippen molar-refractivity contribution in [1.29, 1.82) is 0 Å². The molecule has 0 unspecified atom stereocenters. The van der Waals surface area contributed by atoms with Gasteiger partial charge in [-0.05, 0) is 24.3 Å². The third-order valence-corrected chi connectivity index (χ3v) is 4.24. The Hall–Kier alpha value is -2.26. The minimum Gasteiger partial charge on any atom is -0.256 e. The molecule has 2 aromatic heterocycles. The number of rotatable bonds is 1. The number of thiazole rings is 1. The number of nitrogens with zero attached hydrogens (tertiary/aromatic N) is 2. The molecule has 0 N–H and O–H groups in total. The summed E-state index contributed by atoms with van der Waals surface area (Å²) in [7, 11) is 0. The second-order valence-electron chi connectivity index (χ2n) is 4.36. The molecular formula is C16H10N2S. The predicted octanol–water partition coefficient (Wildman–Crippen LogP) is 4.51. The highest BCUT2D eigenvalue weighted by Crippen LogP contribution is 2.33. The van der Waals surface area contributed by atoms with Gasteiger partial charge < -0.3 is 0 Å². The van der Waals surface area contributed by atoms with Crippen LogP contribution >= 0.6 is 11.3 Å². The lowest BCUT2D eigenvalue weighted by Gasteiger charge is -2.01. The maximum atomic E-state index is 4.72. The van der Waals surface area contributed by atoms with E-state index in [1.54, 1.807) is 11.3 Å². The molecule has 0 aliphatic heterocycles. The Balaban J connectivity index is 2.03. The summed E-state index contributed by atoms with van der Waals surface area (Å²) in [6, 6.07) is 18.5. The van der Waals surface area contributed by atoms with Gasteiger partial charge in [0, 0.05) is 17.1 Å². The lowest BCUT2D eigenvalue weighted by atomic mass is 10.1. The second-order valence-corrected chi connectivity index (χ2v) is 5.39. The van der Waals surface area contributed by atoms with E-state index in [4.69, 9.17) is 4.98 Å². The molecule has 0 fully saturated rings. The van der Waals surface area contributed by atoms with Crippen molar-refractivity contribution in [1.82, 2.24) is 9.97 Å². The van der Waals surface area contributed by atoms with Crippen molar-refractivity contribution in [3.05, 3.63) is 60.8 Å². The van der Waals surface area contributed by atoms with Crippen LogP contribution in [0.15, 0.2) is 60.8 Å². The maximum absolute atomic E-state index is 4.72. The summed E-state index contributed by atoms with van der Waals surface area (Å²) in [5, 5.41) is 2.21. The van der Waals surface area contributed by atoms with Crippen molar-refractivity contribution in [3.8, 4) is 10.6 Å². The van der Waals surface area contributed by atoms with Gasteiger partial charge in [-0.1, -0.05) is 30.3 Å². The highest BCUT2D eigenvalue weighted by molar-refractivity contribution is 7.21. The van der Waals surface area contributed by atoms with Crippen LogP contribution in [-0.2, 0) is 0 Å². The standard InChI is InChI=1S/C16H10N2S/c1-2-6-13-11(5-1)12(9-10-17-13)16-18-14-7-3-4-8-15(14)19-16/h1-10H. The summed E-state index contributed by atoms with van der Waals surface area (Å²) in [5.41, 5.74) is 3.23. The summed E-state index contributed by atoms with van der Waals surface area (Å²) >= 11 is 1.73. The van der Waals surface area contributed by atoms with E-state index < -0.39 is 0 Å². The first-order valence-corrected chi connectivity index (χ1v) is 6.93. The molecule has 3 heteroatoms. The van der Waals surface area contributed by atoms with E-state index in [9.17, 15) is 0 Å². The zero-order valence-electron chi connectivity index (χ0n) is 10.1. The van der Waals surface area contributed by atoms with Gasteiger partial charge in [-0.25, -0.2) is 4.98 Å². The van der Waals surface area contributed by atoms with Crippen molar-refractivity contribution in [2.75, 3.05) is 0 Å². The van der Waals surface area contributed by atoms with Gasteiger partial charge in [0.1, 0.15) is 5.01 Å². The number of para-hydroxylation sites is 2. The van der Waals surface area contributed by atoms with Crippen LogP contribution in [0.1, 0.15) is 0 Å². The number of fused-ring (bicyclic) bond motifs is 2. The fourth-order valence-electron chi connectivity index (χ4n) is 2.27. The molecule has 19 heavy (non-hydrogen) atoms. The van der Waals surface area contributed by atoms with Crippen molar-refractivity contribution < 1.29 is 0 Å². The summed E-state index contributed by atoms with van der Waals surface area (Å²) in [4.78, 5) is 9.12. The van der Waals surface area contributed by atoms with Gasteiger partial charge in [-0.3, -0.25) is 4.98 Å². The summed E-state index contributed by atoms with van der Waals surface area (Å²) in [5.74, 6) is 0. The third kappa shape index (κ3) is 1.71. The molecule has 2 heterocycles. The van der Waals surface area contributed by atoms with Crippen LogP contribution in [0.2, 0.25) is 0 Å². The topological polar surface area (TPSA) is 25.8 Å². The average Bonchev–Trinajstić information content (AvgIpc) is 2.90. The lowest BCUT2D eigenvalue weighted by molar-refractivity contribution is 1.40. The number of benzene rings is 2.